The van der Waals surface area contributed by atoms with Crippen molar-refractivity contribution in [1.82, 2.24) is 5.32 Å². The molecule has 0 aliphatic heterocycles. The van der Waals surface area contributed by atoms with Gasteiger partial charge in [0.15, 0.2) is 11.5 Å². The number of hydrogen-bond donors (Lipinski definition) is 2. The van der Waals surface area contributed by atoms with Crippen LogP contribution in [0.25, 0.3) is 0 Å². The van der Waals surface area contributed by atoms with Crippen molar-refractivity contribution in [3.05, 3.63) is 42.0 Å². The van der Waals surface area contributed by atoms with Gasteiger partial charge < -0.3 is 29.6 Å². The van der Waals surface area contributed by atoms with Gasteiger partial charge >= 0.3 is 6.03 Å². The van der Waals surface area contributed by atoms with E-state index in [1.54, 1.807) is 39.5 Å². The summed E-state index contributed by atoms with van der Waals surface area (Å²) in [6.07, 6.45) is 0.605. The van der Waals surface area contributed by atoms with Crippen LogP contribution in [-0.2, 0) is 6.42 Å². The molecule has 0 saturated heterocycles. The Balaban J connectivity index is 1.94. The third-order valence-electron chi connectivity index (χ3n) is 3.82. The van der Waals surface area contributed by atoms with Crippen LogP contribution in [-0.4, -0.2) is 41.0 Å². The summed E-state index contributed by atoms with van der Waals surface area (Å²) in [5.41, 5.74) is 1.51. The molecule has 2 amide bonds. The van der Waals surface area contributed by atoms with Crippen LogP contribution < -0.4 is 29.6 Å². The van der Waals surface area contributed by atoms with Crippen LogP contribution in [0.15, 0.2) is 36.4 Å². The highest BCUT2D eigenvalue weighted by molar-refractivity contribution is 5.91. The van der Waals surface area contributed by atoms with Gasteiger partial charge in [-0.15, -0.1) is 0 Å². The van der Waals surface area contributed by atoms with Crippen LogP contribution in [0.1, 0.15) is 5.56 Å². The van der Waals surface area contributed by atoms with Crippen LogP contribution in [0.3, 0.4) is 0 Å². The van der Waals surface area contributed by atoms with Crippen LogP contribution in [0.2, 0.25) is 0 Å². The van der Waals surface area contributed by atoms with Gasteiger partial charge in [-0.2, -0.15) is 0 Å². The topological polar surface area (TPSA) is 78.1 Å². The van der Waals surface area contributed by atoms with Gasteiger partial charge in [-0.05, 0) is 30.2 Å². The minimum atomic E-state index is -0.324. The van der Waals surface area contributed by atoms with Crippen LogP contribution in [0.5, 0.6) is 23.0 Å². The second-order valence-electron chi connectivity index (χ2n) is 5.35. The lowest BCUT2D eigenvalue weighted by atomic mass is 10.1. The van der Waals surface area contributed by atoms with E-state index in [1.807, 2.05) is 18.2 Å². The average molecular weight is 360 g/mol. The van der Waals surface area contributed by atoms with E-state index in [-0.39, 0.29) is 6.03 Å². The first kappa shape index (κ1) is 19.2. The van der Waals surface area contributed by atoms with Gasteiger partial charge in [-0.25, -0.2) is 4.79 Å². The normalized spacial score (nSPS) is 10.0. The fourth-order valence-electron chi connectivity index (χ4n) is 2.53. The molecule has 2 rings (SSSR count). The molecule has 7 nitrogen and oxygen atoms in total. The van der Waals surface area contributed by atoms with Crippen LogP contribution in [0.4, 0.5) is 10.5 Å². The zero-order chi connectivity index (χ0) is 18.9. The molecule has 0 aliphatic rings. The first-order chi connectivity index (χ1) is 12.6. The molecule has 2 aromatic rings. The zero-order valence-electron chi connectivity index (χ0n) is 15.4. The molecule has 0 saturated carbocycles. The lowest BCUT2D eigenvalue weighted by molar-refractivity contribution is 0.252. The monoisotopic (exact) mass is 360 g/mol. The first-order valence-corrected chi connectivity index (χ1v) is 8.09. The number of rotatable bonds is 8. The first-order valence-electron chi connectivity index (χ1n) is 8.09. The van der Waals surface area contributed by atoms with E-state index in [2.05, 4.69) is 10.6 Å². The van der Waals surface area contributed by atoms with Gasteiger partial charge in [0.1, 0.15) is 11.5 Å². The molecular formula is C19H24N2O5. The maximum atomic E-state index is 12.1. The number of carbonyl (C=O) groups is 1. The number of amides is 2. The molecule has 0 unspecified atom stereocenters. The Morgan fingerprint density at radius 1 is 0.923 bits per heavy atom. The molecule has 7 heteroatoms. The largest absolute Gasteiger partial charge is 0.497 e. The number of hydrogen-bond acceptors (Lipinski definition) is 5. The Morgan fingerprint density at radius 3 is 2.35 bits per heavy atom. The standard InChI is InChI=1S/C19H24N2O5/c1-23-14-8-9-15(17(12-14)25-3)21-19(22)20-11-10-13-6-5-7-16(24-2)18(13)26-4/h5-9,12H,10-11H2,1-4H3,(H2,20,21,22). The van der Waals surface area contributed by atoms with Crippen molar-refractivity contribution >= 4 is 11.7 Å². The van der Waals surface area contributed by atoms with E-state index in [0.717, 1.165) is 5.56 Å². The summed E-state index contributed by atoms with van der Waals surface area (Å²) in [6, 6.07) is 10.5. The number of ether oxygens (including phenoxy) is 4. The van der Waals surface area contributed by atoms with Crippen molar-refractivity contribution in [2.24, 2.45) is 0 Å². The lowest BCUT2D eigenvalue weighted by Crippen LogP contribution is -2.30. The fourth-order valence-corrected chi connectivity index (χ4v) is 2.53. The Bertz CT molecular complexity index is 749. The van der Waals surface area contributed by atoms with Crippen LogP contribution >= 0.6 is 0 Å². The second-order valence-corrected chi connectivity index (χ2v) is 5.35. The molecule has 2 N–H and O–H groups in total. The predicted octanol–water partition coefficient (Wildman–Crippen LogP) is 3.09. The number of urea groups is 1. The SMILES string of the molecule is COc1ccc(NC(=O)NCCc2cccc(OC)c2OC)c(OC)c1. The van der Waals surface area contributed by atoms with Gasteiger partial charge in [0.25, 0.3) is 0 Å². The Morgan fingerprint density at radius 2 is 1.69 bits per heavy atom. The van der Waals surface area contributed by atoms with E-state index in [4.69, 9.17) is 18.9 Å². The van der Waals surface area contributed by atoms with Crippen molar-refractivity contribution in [1.29, 1.82) is 0 Å². The van der Waals surface area contributed by atoms with E-state index < -0.39 is 0 Å². The summed E-state index contributed by atoms with van der Waals surface area (Å²) in [5.74, 6) is 2.51. The summed E-state index contributed by atoms with van der Waals surface area (Å²) >= 11 is 0. The molecular weight excluding hydrogens is 336 g/mol. The number of para-hydroxylation sites is 1. The quantitative estimate of drug-likeness (QED) is 0.756. The number of anilines is 1. The molecule has 0 aliphatic carbocycles. The summed E-state index contributed by atoms with van der Waals surface area (Å²) in [4.78, 5) is 12.1. The highest BCUT2D eigenvalue weighted by atomic mass is 16.5. The molecule has 0 radical (unpaired) electrons. The number of benzene rings is 2. The maximum absolute atomic E-state index is 12.1. The molecule has 140 valence electrons. The fraction of sp³-hybridized carbons (Fsp3) is 0.316. The van der Waals surface area contributed by atoms with Gasteiger partial charge in [0.05, 0.1) is 34.1 Å². The highest BCUT2D eigenvalue weighted by Gasteiger charge is 2.11. The third kappa shape index (κ3) is 4.72. The number of carbonyl (C=O) groups excluding carboxylic acids is 1. The summed E-state index contributed by atoms with van der Waals surface area (Å²) in [5, 5.41) is 5.58. The molecule has 0 bridgehead atoms. The lowest BCUT2D eigenvalue weighted by Gasteiger charge is -2.14. The summed E-state index contributed by atoms with van der Waals surface area (Å²) in [7, 11) is 6.29. The molecule has 2 aromatic carbocycles. The van der Waals surface area contributed by atoms with E-state index in [0.29, 0.717) is 41.7 Å². The zero-order valence-corrected chi connectivity index (χ0v) is 15.4. The van der Waals surface area contributed by atoms with E-state index >= 15 is 0 Å². The second kappa shape index (κ2) is 9.41. The maximum Gasteiger partial charge on any atom is 0.319 e. The van der Waals surface area contributed by atoms with Gasteiger partial charge in [-0.3, -0.25) is 0 Å². The van der Waals surface area contributed by atoms with Gasteiger partial charge in [-0.1, -0.05) is 12.1 Å². The van der Waals surface area contributed by atoms with E-state index in [1.165, 1.54) is 7.11 Å². The Hall–Kier alpha value is -3.09. The van der Waals surface area contributed by atoms with Crippen molar-refractivity contribution in [3.8, 4) is 23.0 Å². The Labute approximate surface area is 153 Å². The molecule has 26 heavy (non-hydrogen) atoms. The van der Waals surface area contributed by atoms with Gasteiger partial charge in [0, 0.05) is 12.6 Å². The minimum Gasteiger partial charge on any atom is -0.497 e. The average Bonchev–Trinajstić information content (AvgIpc) is 2.67. The van der Waals surface area contributed by atoms with Crippen molar-refractivity contribution in [2.45, 2.75) is 6.42 Å². The van der Waals surface area contributed by atoms with Crippen molar-refractivity contribution in [3.63, 3.8) is 0 Å². The number of methoxy groups -OCH3 is 4. The highest BCUT2D eigenvalue weighted by Crippen LogP contribution is 2.31. The molecule has 0 spiro atoms. The smallest absolute Gasteiger partial charge is 0.319 e. The minimum absolute atomic E-state index is 0.324. The molecule has 0 atom stereocenters. The van der Waals surface area contributed by atoms with Gasteiger partial charge in [0.2, 0.25) is 0 Å². The predicted molar refractivity (Wildman–Crippen MR) is 99.8 cm³/mol. The van der Waals surface area contributed by atoms with Crippen LogP contribution in [0, 0.1) is 0 Å². The summed E-state index contributed by atoms with van der Waals surface area (Å²) < 4.78 is 21.1. The molecule has 0 heterocycles. The third-order valence-corrected chi connectivity index (χ3v) is 3.82. The van der Waals surface area contributed by atoms with Crippen molar-refractivity contribution < 1.29 is 23.7 Å². The molecule has 0 fully saturated rings. The van der Waals surface area contributed by atoms with Crippen molar-refractivity contribution in [2.75, 3.05) is 40.3 Å². The number of nitrogens with one attached hydrogen (secondary N) is 2. The summed E-state index contributed by atoms with van der Waals surface area (Å²) in [6.45, 7) is 0.438. The molecule has 0 aromatic heterocycles. The van der Waals surface area contributed by atoms with E-state index in [9.17, 15) is 4.79 Å². The Kier molecular flexibility index (Phi) is 6.96.